The Morgan fingerprint density at radius 3 is 2.57 bits per heavy atom. The fourth-order valence-corrected chi connectivity index (χ4v) is 3.77. The lowest BCUT2D eigenvalue weighted by Gasteiger charge is -2.11. The molecule has 1 atom stereocenters. The first-order valence-electron chi connectivity index (χ1n) is 6.19. The zero-order chi connectivity index (χ0) is 16.2. The number of carbonyl (C=O) groups is 1. The van der Waals surface area contributed by atoms with E-state index in [1.54, 1.807) is 0 Å². The Kier molecular flexibility index (Phi) is 5.42. The average Bonchev–Trinajstić information content (AvgIpc) is 2.38. The Bertz CT molecular complexity index is 653. The predicted octanol–water partition coefficient (Wildman–Crippen LogP) is 1.63. The van der Waals surface area contributed by atoms with Crippen LogP contribution in [0, 0.1) is 23.0 Å². The molecule has 1 unspecified atom stereocenters. The van der Waals surface area contributed by atoms with Crippen molar-refractivity contribution in [3.8, 4) is 0 Å². The maximum atomic E-state index is 12.1. The summed E-state index contributed by atoms with van der Waals surface area (Å²) >= 11 is 0. The largest absolute Gasteiger partial charge is 0.469 e. The summed E-state index contributed by atoms with van der Waals surface area (Å²) in [5, 5.41) is 10.8. The lowest BCUT2D eigenvalue weighted by molar-refractivity contribution is -0.385. The zero-order valence-corrected chi connectivity index (χ0v) is 12.8. The molecule has 0 aromatic heterocycles. The molecule has 0 saturated heterocycles. The number of carbonyl (C=O) groups excluding carboxylic acids is 1. The van der Waals surface area contributed by atoms with Crippen LogP contribution in [0.4, 0.5) is 5.69 Å². The van der Waals surface area contributed by atoms with Gasteiger partial charge in [-0.3, -0.25) is 14.9 Å². The van der Waals surface area contributed by atoms with Gasteiger partial charge < -0.3 is 4.74 Å². The van der Waals surface area contributed by atoms with E-state index < -0.39 is 26.6 Å². The predicted molar refractivity (Wildman–Crippen MR) is 76.5 cm³/mol. The van der Waals surface area contributed by atoms with Crippen LogP contribution in [0.15, 0.2) is 18.2 Å². The summed E-state index contributed by atoms with van der Waals surface area (Å²) in [4.78, 5) is 21.6. The van der Waals surface area contributed by atoms with E-state index in [1.165, 1.54) is 39.2 Å². The number of nitro benzene ring substituents is 1. The van der Waals surface area contributed by atoms with Crippen LogP contribution in [0.2, 0.25) is 0 Å². The van der Waals surface area contributed by atoms with Gasteiger partial charge in [0.1, 0.15) is 0 Å². The molecule has 0 heterocycles. The van der Waals surface area contributed by atoms with Gasteiger partial charge in [-0.15, -0.1) is 0 Å². The van der Waals surface area contributed by atoms with E-state index in [0.29, 0.717) is 11.1 Å². The molecule has 0 fully saturated rings. The number of sulfone groups is 1. The number of hydrogen-bond acceptors (Lipinski definition) is 6. The summed E-state index contributed by atoms with van der Waals surface area (Å²) in [6.07, 6.45) is 0. The van der Waals surface area contributed by atoms with Crippen LogP contribution < -0.4 is 0 Å². The Morgan fingerprint density at radius 1 is 1.43 bits per heavy atom. The molecule has 116 valence electrons. The highest BCUT2D eigenvalue weighted by molar-refractivity contribution is 7.90. The van der Waals surface area contributed by atoms with E-state index in [9.17, 15) is 23.3 Å². The van der Waals surface area contributed by atoms with Gasteiger partial charge in [0.25, 0.3) is 5.69 Å². The fourth-order valence-electron chi connectivity index (χ4n) is 1.97. The lowest BCUT2D eigenvalue weighted by atomic mass is 10.1. The third-order valence-electron chi connectivity index (χ3n) is 3.10. The van der Waals surface area contributed by atoms with E-state index in [-0.39, 0.29) is 17.2 Å². The summed E-state index contributed by atoms with van der Waals surface area (Å²) < 4.78 is 28.7. The van der Waals surface area contributed by atoms with Crippen LogP contribution in [0.1, 0.15) is 18.1 Å². The normalized spacial score (nSPS) is 12.7. The molecule has 0 radical (unpaired) electrons. The maximum Gasteiger partial charge on any atom is 0.309 e. The number of nitro groups is 1. The van der Waals surface area contributed by atoms with Crippen molar-refractivity contribution in [1.29, 1.82) is 0 Å². The number of hydrogen-bond donors (Lipinski definition) is 0. The minimum atomic E-state index is -3.58. The third kappa shape index (κ3) is 4.52. The molecular weight excluding hydrogens is 298 g/mol. The monoisotopic (exact) mass is 315 g/mol. The second-order valence-electron chi connectivity index (χ2n) is 4.80. The molecular formula is C13H17NO6S. The van der Waals surface area contributed by atoms with Crippen LogP contribution >= 0.6 is 0 Å². The smallest absolute Gasteiger partial charge is 0.309 e. The molecule has 1 aromatic rings. The standard InChI is InChI=1S/C13H17NO6S/c1-9(13(15)20-3)7-21(18,19)8-11-5-4-6-12(10(11)2)14(16)17/h4-6,9H,7-8H2,1-3H3. The van der Waals surface area contributed by atoms with Crippen molar-refractivity contribution in [1.82, 2.24) is 0 Å². The molecule has 0 saturated carbocycles. The Balaban J connectivity index is 2.98. The van der Waals surface area contributed by atoms with Gasteiger partial charge in [0.15, 0.2) is 9.84 Å². The van der Waals surface area contributed by atoms with Gasteiger partial charge in [0.2, 0.25) is 0 Å². The van der Waals surface area contributed by atoms with Crippen molar-refractivity contribution in [2.45, 2.75) is 19.6 Å². The fraction of sp³-hybridized carbons (Fsp3) is 0.462. The number of ether oxygens (including phenoxy) is 1. The van der Waals surface area contributed by atoms with Crippen LogP contribution in [0.3, 0.4) is 0 Å². The van der Waals surface area contributed by atoms with Crippen LogP contribution in [0.5, 0.6) is 0 Å². The molecule has 8 heteroatoms. The highest BCUT2D eigenvalue weighted by Gasteiger charge is 2.24. The van der Waals surface area contributed by atoms with Gasteiger partial charge >= 0.3 is 5.97 Å². The van der Waals surface area contributed by atoms with E-state index >= 15 is 0 Å². The van der Waals surface area contributed by atoms with Gasteiger partial charge in [-0.1, -0.05) is 19.1 Å². The molecule has 0 aliphatic carbocycles. The minimum absolute atomic E-state index is 0.122. The van der Waals surface area contributed by atoms with E-state index in [2.05, 4.69) is 4.74 Å². The molecule has 1 rings (SSSR count). The molecule has 0 N–H and O–H groups in total. The first-order valence-corrected chi connectivity index (χ1v) is 8.01. The number of rotatable bonds is 6. The SMILES string of the molecule is COC(=O)C(C)CS(=O)(=O)Cc1cccc([N+](=O)[O-])c1C. The summed E-state index contributed by atoms with van der Waals surface area (Å²) in [5.74, 6) is -2.09. The zero-order valence-electron chi connectivity index (χ0n) is 12.0. The van der Waals surface area contributed by atoms with Gasteiger partial charge in [-0.2, -0.15) is 0 Å². The van der Waals surface area contributed by atoms with Crippen molar-refractivity contribution in [3.05, 3.63) is 39.4 Å². The van der Waals surface area contributed by atoms with E-state index in [0.717, 1.165) is 0 Å². The molecule has 1 aromatic carbocycles. The highest BCUT2D eigenvalue weighted by atomic mass is 32.2. The first kappa shape index (κ1) is 17.1. The van der Waals surface area contributed by atoms with Crippen molar-refractivity contribution in [2.75, 3.05) is 12.9 Å². The van der Waals surface area contributed by atoms with Crippen molar-refractivity contribution in [2.24, 2.45) is 5.92 Å². The number of esters is 1. The van der Waals surface area contributed by atoms with Gasteiger partial charge in [-0.25, -0.2) is 8.42 Å². The second-order valence-corrected chi connectivity index (χ2v) is 6.91. The molecule has 0 aliphatic heterocycles. The Morgan fingerprint density at radius 2 is 2.05 bits per heavy atom. The average molecular weight is 315 g/mol. The Labute approximate surface area is 123 Å². The molecule has 0 amide bonds. The van der Waals surface area contributed by atoms with E-state index in [4.69, 9.17) is 0 Å². The third-order valence-corrected chi connectivity index (χ3v) is 4.86. The van der Waals surface area contributed by atoms with Crippen LogP contribution in [0.25, 0.3) is 0 Å². The van der Waals surface area contributed by atoms with Gasteiger partial charge in [0.05, 0.1) is 29.5 Å². The molecule has 7 nitrogen and oxygen atoms in total. The second kappa shape index (κ2) is 6.66. The summed E-state index contributed by atoms with van der Waals surface area (Å²) in [5.41, 5.74) is 0.557. The maximum absolute atomic E-state index is 12.1. The number of methoxy groups -OCH3 is 1. The first-order chi connectivity index (χ1) is 9.68. The topological polar surface area (TPSA) is 104 Å². The highest BCUT2D eigenvalue weighted by Crippen LogP contribution is 2.23. The lowest BCUT2D eigenvalue weighted by Crippen LogP contribution is -2.23. The van der Waals surface area contributed by atoms with Crippen molar-refractivity contribution >= 4 is 21.5 Å². The van der Waals surface area contributed by atoms with Gasteiger partial charge in [-0.05, 0) is 12.5 Å². The minimum Gasteiger partial charge on any atom is -0.469 e. The molecule has 0 aliphatic rings. The number of nitrogens with zero attached hydrogens (tertiary/aromatic N) is 1. The molecule has 0 spiro atoms. The van der Waals surface area contributed by atoms with Gasteiger partial charge in [0, 0.05) is 11.6 Å². The van der Waals surface area contributed by atoms with Crippen LogP contribution in [-0.2, 0) is 25.1 Å². The Hall–Kier alpha value is -1.96. The number of benzene rings is 1. The quantitative estimate of drug-likeness (QED) is 0.449. The van der Waals surface area contributed by atoms with Crippen LogP contribution in [-0.4, -0.2) is 32.2 Å². The summed E-state index contributed by atoms with van der Waals surface area (Å²) in [6.45, 7) is 2.97. The summed E-state index contributed by atoms with van der Waals surface area (Å²) in [7, 11) is -2.39. The molecule has 21 heavy (non-hydrogen) atoms. The summed E-state index contributed by atoms with van der Waals surface area (Å²) in [6, 6.07) is 4.30. The van der Waals surface area contributed by atoms with Crippen molar-refractivity contribution in [3.63, 3.8) is 0 Å². The van der Waals surface area contributed by atoms with E-state index in [1.807, 2.05) is 0 Å². The molecule has 0 bridgehead atoms. The van der Waals surface area contributed by atoms with Crippen molar-refractivity contribution < 1.29 is 22.9 Å².